The molecule has 2 heterocycles. The minimum absolute atomic E-state index is 0.0185. The molecule has 0 bridgehead atoms. The van der Waals surface area contributed by atoms with Crippen LogP contribution in [-0.2, 0) is 6.18 Å². The molecule has 2 aromatic heterocycles. The second kappa shape index (κ2) is 6.66. The number of nitrogens with one attached hydrogen (secondary N) is 2. The molecule has 0 saturated carbocycles. The molecule has 0 saturated heterocycles. The summed E-state index contributed by atoms with van der Waals surface area (Å²) in [6, 6.07) is 4.37. The standard InChI is InChI=1S/C17H15F3N4O2/c1-9(2)23-16(25)12-7-21-15-14(12)24-13(8-22-15)26-11-5-3-4-10(6-11)17(18,19)20/h3-9H,1-2H3,(H,21,22)(H,23,25). The number of carbonyl (C=O) groups is 1. The molecule has 1 aromatic carbocycles. The Morgan fingerprint density at radius 2 is 2.08 bits per heavy atom. The summed E-state index contributed by atoms with van der Waals surface area (Å²) in [5.74, 6) is -0.385. The van der Waals surface area contributed by atoms with Gasteiger partial charge in [-0.05, 0) is 32.0 Å². The molecule has 0 aliphatic carbocycles. The van der Waals surface area contributed by atoms with Crippen LogP contribution in [0, 0.1) is 0 Å². The van der Waals surface area contributed by atoms with Crippen molar-refractivity contribution < 1.29 is 22.7 Å². The number of hydrogen-bond acceptors (Lipinski definition) is 4. The lowest BCUT2D eigenvalue weighted by atomic mass is 10.2. The first-order valence-electron chi connectivity index (χ1n) is 7.74. The van der Waals surface area contributed by atoms with Gasteiger partial charge < -0.3 is 15.0 Å². The number of alkyl halides is 3. The van der Waals surface area contributed by atoms with Gasteiger partial charge in [0, 0.05) is 12.2 Å². The van der Waals surface area contributed by atoms with Gasteiger partial charge in [0.05, 0.1) is 17.3 Å². The lowest BCUT2D eigenvalue weighted by molar-refractivity contribution is -0.137. The van der Waals surface area contributed by atoms with Gasteiger partial charge in [-0.2, -0.15) is 13.2 Å². The maximum atomic E-state index is 12.8. The molecule has 0 unspecified atom stereocenters. The summed E-state index contributed by atoms with van der Waals surface area (Å²) in [6.07, 6.45) is -1.74. The van der Waals surface area contributed by atoms with E-state index in [-0.39, 0.29) is 34.7 Å². The van der Waals surface area contributed by atoms with E-state index < -0.39 is 11.7 Å². The van der Waals surface area contributed by atoms with Crippen molar-refractivity contribution in [3.05, 3.63) is 47.8 Å². The van der Waals surface area contributed by atoms with Crippen molar-refractivity contribution in [3.63, 3.8) is 0 Å². The zero-order chi connectivity index (χ0) is 18.9. The van der Waals surface area contributed by atoms with E-state index in [9.17, 15) is 18.0 Å². The highest BCUT2D eigenvalue weighted by atomic mass is 19.4. The largest absolute Gasteiger partial charge is 0.437 e. The van der Waals surface area contributed by atoms with Crippen LogP contribution in [0.3, 0.4) is 0 Å². The first kappa shape index (κ1) is 17.7. The highest BCUT2D eigenvalue weighted by molar-refractivity contribution is 6.04. The molecule has 26 heavy (non-hydrogen) atoms. The van der Waals surface area contributed by atoms with Crippen molar-refractivity contribution in [2.75, 3.05) is 0 Å². The zero-order valence-corrected chi connectivity index (χ0v) is 13.9. The Balaban J connectivity index is 1.91. The summed E-state index contributed by atoms with van der Waals surface area (Å²) < 4.78 is 43.7. The van der Waals surface area contributed by atoms with E-state index >= 15 is 0 Å². The molecule has 1 amide bonds. The van der Waals surface area contributed by atoms with E-state index in [0.717, 1.165) is 12.1 Å². The van der Waals surface area contributed by atoms with Gasteiger partial charge in [0.15, 0.2) is 5.65 Å². The number of amides is 1. The number of fused-ring (bicyclic) bond motifs is 1. The lowest BCUT2D eigenvalue weighted by Gasteiger charge is -2.09. The van der Waals surface area contributed by atoms with Crippen molar-refractivity contribution >= 4 is 17.1 Å². The molecule has 6 nitrogen and oxygen atoms in total. The second-order valence-corrected chi connectivity index (χ2v) is 5.86. The van der Waals surface area contributed by atoms with E-state index in [2.05, 4.69) is 20.3 Å². The predicted molar refractivity (Wildman–Crippen MR) is 88.0 cm³/mol. The summed E-state index contributed by atoms with van der Waals surface area (Å²) in [7, 11) is 0. The van der Waals surface area contributed by atoms with E-state index in [0.29, 0.717) is 5.65 Å². The summed E-state index contributed by atoms with van der Waals surface area (Å²) >= 11 is 0. The molecule has 2 N–H and O–H groups in total. The third-order valence-electron chi connectivity index (χ3n) is 3.41. The number of ether oxygens (including phenoxy) is 1. The fourth-order valence-electron chi connectivity index (χ4n) is 2.29. The van der Waals surface area contributed by atoms with Crippen LogP contribution in [0.2, 0.25) is 0 Å². The van der Waals surface area contributed by atoms with Gasteiger partial charge in [0.2, 0.25) is 5.88 Å². The fourth-order valence-corrected chi connectivity index (χ4v) is 2.29. The van der Waals surface area contributed by atoms with Crippen LogP contribution < -0.4 is 10.1 Å². The average Bonchev–Trinajstić information content (AvgIpc) is 2.97. The minimum atomic E-state index is -4.47. The highest BCUT2D eigenvalue weighted by Crippen LogP contribution is 2.32. The minimum Gasteiger partial charge on any atom is -0.437 e. The smallest absolute Gasteiger partial charge is 0.416 e. The van der Waals surface area contributed by atoms with Crippen LogP contribution in [0.1, 0.15) is 29.8 Å². The zero-order valence-electron chi connectivity index (χ0n) is 13.9. The number of H-pyrrole nitrogens is 1. The molecular weight excluding hydrogens is 349 g/mol. The van der Waals surface area contributed by atoms with Gasteiger partial charge in [-0.25, -0.2) is 9.97 Å². The maximum absolute atomic E-state index is 12.8. The van der Waals surface area contributed by atoms with Gasteiger partial charge in [-0.1, -0.05) is 6.07 Å². The molecule has 0 fully saturated rings. The van der Waals surface area contributed by atoms with Crippen LogP contribution in [0.5, 0.6) is 11.6 Å². The number of aromatic amines is 1. The number of nitrogens with zero attached hydrogens (tertiary/aromatic N) is 2. The van der Waals surface area contributed by atoms with Crippen molar-refractivity contribution in [2.45, 2.75) is 26.1 Å². The molecule has 0 radical (unpaired) electrons. The Morgan fingerprint density at radius 1 is 1.31 bits per heavy atom. The summed E-state index contributed by atoms with van der Waals surface area (Å²) in [5, 5.41) is 2.74. The van der Waals surface area contributed by atoms with Crippen LogP contribution in [-0.4, -0.2) is 26.9 Å². The van der Waals surface area contributed by atoms with E-state index in [1.165, 1.54) is 24.5 Å². The number of aromatic nitrogens is 3. The van der Waals surface area contributed by atoms with Gasteiger partial charge in [0.25, 0.3) is 5.91 Å². The fraction of sp³-hybridized carbons (Fsp3) is 0.235. The van der Waals surface area contributed by atoms with Gasteiger partial charge in [-0.15, -0.1) is 0 Å². The molecule has 9 heteroatoms. The van der Waals surface area contributed by atoms with Crippen LogP contribution in [0.15, 0.2) is 36.7 Å². The first-order valence-corrected chi connectivity index (χ1v) is 7.74. The number of carbonyl (C=O) groups excluding carboxylic acids is 1. The Bertz CT molecular complexity index is 951. The molecule has 0 aliphatic rings. The van der Waals surface area contributed by atoms with E-state index in [1.807, 2.05) is 13.8 Å². The highest BCUT2D eigenvalue weighted by Gasteiger charge is 2.30. The normalized spacial score (nSPS) is 11.8. The average molecular weight is 364 g/mol. The molecular formula is C17H15F3N4O2. The van der Waals surface area contributed by atoms with Crippen LogP contribution >= 0.6 is 0 Å². The molecule has 136 valence electrons. The van der Waals surface area contributed by atoms with Crippen molar-refractivity contribution in [3.8, 4) is 11.6 Å². The van der Waals surface area contributed by atoms with Crippen LogP contribution in [0.4, 0.5) is 13.2 Å². The Morgan fingerprint density at radius 3 is 2.77 bits per heavy atom. The third kappa shape index (κ3) is 3.76. The quantitative estimate of drug-likeness (QED) is 0.736. The summed E-state index contributed by atoms with van der Waals surface area (Å²) in [5.41, 5.74) is 0.0845. The molecule has 0 aliphatic heterocycles. The first-order chi connectivity index (χ1) is 12.2. The summed E-state index contributed by atoms with van der Waals surface area (Å²) in [6.45, 7) is 3.64. The maximum Gasteiger partial charge on any atom is 0.416 e. The number of halogens is 3. The van der Waals surface area contributed by atoms with E-state index in [1.54, 1.807) is 0 Å². The molecule has 0 spiro atoms. The second-order valence-electron chi connectivity index (χ2n) is 5.86. The monoisotopic (exact) mass is 364 g/mol. The van der Waals surface area contributed by atoms with Crippen molar-refractivity contribution in [2.24, 2.45) is 0 Å². The van der Waals surface area contributed by atoms with E-state index in [4.69, 9.17) is 4.74 Å². The topological polar surface area (TPSA) is 79.9 Å². The third-order valence-corrected chi connectivity index (χ3v) is 3.41. The SMILES string of the molecule is CC(C)NC(=O)c1c[nH]c2ncc(Oc3cccc(C(F)(F)F)c3)nc12. The van der Waals surface area contributed by atoms with Crippen LogP contribution in [0.25, 0.3) is 11.2 Å². The molecule has 3 aromatic rings. The Labute approximate surface area is 146 Å². The Hall–Kier alpha value is -3.10. The summed E-state index contributed by atoms with van der Waals surface area (Å²) in [4.78, 5) is 23.3. The molecule has 0 atom stereocenters. The predicted octanol–water partition coefficient (Wildman–Crippen LogP) is 3.91. The van der Waals surface area contributed by atoms with Crippen molar-refractivity contribution in [1.29, 1.82) is 0 Å². The number of benzene rings is 1. The number of hydrogen-bond donors (Lipinski definition) is 2. The van der Waals surface area contributed by atoms with Gasteiger partial charge in [-0.3, -0.25) is 4.79 Å². The van der Waals surface area contributed by atoms with Gasteiger partial charge in [0.1, 0.15) is 11.3 Å². The Kier molecular flexibility index (Phi) is 4.54. The lowest BCUT2D eigenvalue weighted by Crippen LogP contribution is -2.29. The number of rotatable bonds is 4. The van der Waals surface area contributed by atoms with Gasteiger partial charge >= 0.3 is 6.18 Å². The molecule has 3 rings (SSSR count). The van der Waals surface area contributed by atoms with Crippen molar-refractivity contribution in [1.82, 2.24) is 20.3 Å².